The summed E-state index contributed by atoms with van der Waals surface area (Å²) in [4.78, 5) is 0. The van der Waals surface area contributed by atoms with E-state index in [2.05, 4.69) is 27.0 Å². The Balaban J connectivity index is 1.89. The fraction of sp³-hybridized carbons (Fsp3) is 0.846. The minimum Gasteiger partial charge on any atom is -0.316 e. The highest BCUT2D eigenvalue weighted by Gasteiger charge is 2.35. The van der Waals surface area contributed by atoms with Crippen LogP contribution in [0.25, 0.3) is 0 Å². The van der Waals surface area contributed by atoms with Gasteiger partial charge in [-0.25, -0.2) is 0 Å². The summed E-state index contributed by atoms with van der Waals surface area (Å²) in [6.07, 6.45) is 9.74. The zero-order chi connectivity index (χ0) is 11.7. The molecule has 2 aliphatic rings. The molecule has 0 aromatic carbocycles. The SMILES string of the molecule is CC1(c2nncn2C2CCCC2)CCCNC1. The van der Waals surface area contributed by atoms with Crippen LogP contribution in [0.3, 0.4) is 0 Å². The Kier molecular flexibility index (Phi) is 2.90. The fourth-order valence-corrected chi connectivity index (χ4v) is 3.37. The van der Waals surface area contributed by atoms with Gasteiger partial charge in [-0.1, -0.05) is 19.8 Å². The Labute approximate surface area is 103 Å². The van der Waals surface area contributed by atoms with E-state index < -0.39 is 0 Å². The van der Waals surface area contributed by atoms with Crippen LogP contribution < -0.4 is 5.32 Å². The minimum absolute atomic E-state index is 0.178. The monoisotopic (exact) mass is 234 g/mol. The van der Waals surface area contributed by atoms with Gasteiger partial charge in [0.2, 0.25) is 0 Å². The molecule has 1 atom stereocenters. The maximum Gasteiger partial charge on any atom is 0.140 e. The Morgan fingerprint density at radius 3 is 2.88 bits per heavy atom. The van der Waals surface area contributed by atoms with Gasteiger partial charge in [0.25, 0.3) is 0 Å². The van der Waals surface area contributed by atoms with Crippen LogP contribution in [0.5, 0.6) is 0 Å². The molecule has 1 saturated heterocycles. The zero-order valence-electron chi connectivity index (χ0n) is 10.7. The van der Waals surface area contributed by atoms with Crippen molar-refractivity contribution in [2.45, 2.75) is 56.9 Å². The molecule has 1 N–H and O–H groups in total. The maximum absolute atomic E-state index is 4.43. The molecule has 17 heavy (non-hydrogen) atoms. The second kappa shape index (κ2) is 4.41. The molecule has 2 heterocycles. The molecule has 0 bridgehead atoms. The first-order chi connectivity index (χ1) is 8.30. The average molecular weight is 234 g/mol. The van der Waals surface area contributed by atoms with Gasteiger partial charge >= 0.3 is 0 Å². The molecule has 1 aliphatic carbocycles. The molecule has 94 valence electrons. The summed E-state index contributed by atoms with van der Waals surface area (Å²) in [6, 6.07) is 0.652. The number of hydrogen-bond acceptors (Lipinski definition) is 3. The molecule has 1 aromatic rings. The number of nitrogens with one attached hydrogen (secondary N) is 1. The van der Waals surface area contributed by atoms with Crippen LogP contribution in [0.15, 0.2) is 6.33 Å². The summed E-state index contributed by atoms with van der Waals surface area (Å²) in [5, 5.41) is 12.1. The van der Waals surface area contributed by atoms with Gasteiger partial charge in [-0.3, -0.25) is 0 Å². The number of hydrogen-bond donors (Lipinski definition) is 1. The van der Waals surface area contributed by atoms with E-state index in [1.807, 2.05) is 6.33 Å². The van der Waals surface area contributed by atoms with Gasteiger partial charge in [-0.05, 0) is 32.2 Å². The molecule has 2 fully saturated rings. The van der Waals surface area contributed by atoms with Gasteiger partial charge < -0.3 is 9.88 Å². The lowest BCUT2D eigenvalue weighted by Crippen LogP contribution is -2.43. The highest BCUT2D eigenvalue weighted by Crippen LogP contribution is 2.35. The van der Waals surface area contributed by atoms with Crippen LogP contribution in [0.2, 0.25) is 0 Å². The van der Waals surface area contributed by atoms with Crippen molar-refractivity contribution in [2.24, 2.45) is 0 Å². The third-order valence-corrected chi connectivity index (χ3v) is 4.43. The topological polar surface area (TPSA) is 42.7 Å². The lowest BCUT2D eigenvalue weighted by molar-refractivity contribution is 0.303. The Morgan fingerprint density at radius 1 is 1.35 bits per heavy atom. The van der Waals surface area contributed by atoms with E-state index in [0.29, 0.717) is 6.04 Å². The summed E-state index contributed by atoms with van der Waals surface area (Å²) in [5.74, 6) is 1.21. The Hall–Kier alpha value is -0.900. The molecule has 1 aromatic heterocycles. The van der Waals surface area contributed by atoms with E-state index in [1.54, 1.807) is 0 Å². The Bertz CT molecular complexity index is 373. The number of rotatable bonds is 2. The second-order valence-electron chi connectivity index (χ2n) is 5.84. The summed E-state index contributed by atoms with van der Waals surface area (Å²) in [6.45, 7) is 4.51. The van der Waals surface area contributed by atoms with Crippen LogP contribution in [-0.2, 0) is 5.41 Å². The number of piperidine rings is 1. The molecule has 1 aliphatic heterocycles. The number of nitrogens with zero attached hydrogens (tertiary/aromatic N) is 3. The zero-order valence-corrected chi connectivity index (χ0v) is 10.7. The van der Waals surface area contributed by atoms with Gasteiger partial charge in [0.15, 0.2) is 0 Å². The lowest BCUT2D eigenvalue weighted by atomic mass is 9.81. The predicted molar refractivity (Wildman–Crippen MR) is 67.0 cm³/mol. The van der Waals surface area contributed by atoms with Gasteiger partial charge in [-0.2, -0.15) is 0 Å². The standard InChI is InChI=1S/C13H22N4/c1-13(7-4-8-14-9-13)12-16-15-10-17(12)11-5-2-3-6-11/h10-11,14H,2-9H2,1H3. The molecule has 0 amide bonds. The summed E-state index contributed by atoms with van der Waals surface area (Å²) < 4.78 is 2.36. The van der Waals surface area contributed by atoms with E-state index in [1.165, 1.54) is 44.3 Å². The molecular weight excluding hydrogens is 212 g/mol. The Morgan fingerprint density at radius 2 is 2.18 bits per heavy atom. The molecule has 1 saturated carbocycles. The molecular formula is C13H22N4. The molecule has 4 nitrogen and oxygen atoms in total. The minimum atomic E-state index is 0.178. The van der Waals surface area contributed by atoms with Crippen molar-refractivity contribution >= 4 is 0 Å². The summed E-state index contributed by atoms with van der Waals surface area (Å²) in [7, 11) is 0. The van der Waals surface area contributed by atoms with Gasteiger partial charge in [0.05, 0.1) is 0 Å². The van der Waals surface area contributed by atoms with Crippen molar-refractivity contribution in [2.75, 3.05) is 13.1 Å². The van der Waals surface area contributed by atoms with Crippen LogP contribution in [0, 0.1) is 0 Å². The van der Waals surface area contributed by atoms with E-state index in [4.69, 9.17) is 0 Å². The van der Waals surface area contributed by atoms with Crippen molar-refractivity contribution in [1.82, 2.24) is 20.1 Å². The van der Waals surface area contributed by atoms with Gasteiger partial charge in [0, 0.05) is 18.0 Å². The molecule has 4 heteroatoms. The molecule has 3 rings (SSSR count). The van der Waals surface area contributed by atoms with Crippen molar-refractivity contribution in [3.8, 4) is 0 Å². The largest absolute Gasteiger partial charge is 0.316 e. The van der Waals surface area contributed by atoms with Crippen molar-refractivity contribution in [3.63, 3.8) is 0 Å². The average Bonchev–Trinajstić information content (AvgIpc) is 3.01. The number of aromatic nitrogens is 3. The first-order valence-corrected chi connectivity index (χ1v) is 6.90. The lowest BCUT2D eigenvalue weighted by Gasteiger charge is -2.34. The van der Waals surface area contributed by atoms with E-state index in [-0.39, 0.29) is 5.41 Å². The van der Waals surface area contributed by atoms with Crippen molar-refractivity contribution in [3.05, 3.63) is 12.2 Å². The van der Waals surface area contributed by atoms with E-state index in [0.717, 1.165) is 13.1 Å². The van der Waals surface area contributed by atoms with Crippen LogP contribution in [-0.4, -0.2) is 27.9 Å². The third kappa shape index (κ3) is 1.99. The highest BCUT2D eigenvalue weighted by molar-refractivity contribution is 5.10. The van der Waals surface area contributed by atoms with Crippen LogP contribution >= 0.6 is 0 Å². The summed E-state index contributed by atoms with van der Waals surface area (Å²) in [5.41, 5.74) is 0.178. The van der Waals surface area contributed by atoms with Gasteiger partial charge in [-0.15, -0.1) is 10.2 Å². The predicted octanol–water partition coefficient (Wildman–Crippen LogP) is 2.03. The fourth-order valence-electron chi connectivity index (χ4n) is 3.37. The first kappa shape index (κ1) is 11.2. The van der Waals surface area contributed by atoms with Crippen molar-refractivity contribution < 1.29 is 0 Å². The molecule has 0 spiro atoms. The normalized spacial score (nSPS) is 30.9. The van der Waals surface area contributed by atoms with E-state index in [9.17, 15) is 0 Å². The quantitative estimate of drug-likeness (QED) is 0.851. The van der Waals surface area contributed by atoms with Gasteiger partial charge in [0.1, 0.15) is 12.2 Å². The smallest absolute Gasteiger partial charge is 0.140 e. The maximum atomic E-state index is 4.43. The van der Waals surface area contributed by atoms with Crippen LogP contribution in [0.1, 0.15) is 57.3 Å². The highest BCUT2D eigenvalue weighted by atomic mass is 15.3. The van der Waals surface area contributed by atoms with Crippen LogP contribution in [0.4, 0.5) is 0 Å². The summed E-state index contributed by atoms with van der Waals surface area (Å²) >= 11 is 0. The third-order valence-electron chi connectivity index (χ3n) is 4.43. The van der Waals surface area contributed by atoms with Crippen molar-refractivity contribution in [1.29, 1.82) is 0 Å². The molecule has 0 radical (unpaired) electrons. The second-order valence-corrected chi connectivity index (χ2v) is 5.84. The molecule has 1 unspecified atom stereocenters. The van der Waals surface area contributed by atoms with E-state index >= 15 is 0 Å². The first-order valence-electron chi connectivity index (χ1n) is 6.90.